The quantitative estimate of drug-likeness (QED) is 0.531. The maximum Gasteiger partial charge on any atom is 0.0655 e. The van der Waals surface area contributed by atoms with Crippen LogP contribution in [0, 0.1) is 28.6 Å². The van der Waals surface area contributed by atoms with Gasteiger partial charge >= 0.3 is 0 Å². The summed E-state index contributed by atoms with van der Waals surface area (Å²) < 4.78 is 0. The lowest BCUT2D eigenvalue weighted by molar-refractivity contribution is 0.488. The molecule has 1 atom stereocenters. The van der Waals surface area contributed by atoms with Crippen LogP contribution in [0.15, 0.2) is 0 Å². The molecule has 0 aliphatic heterocycles. The molecule has 0 rings (SSSR count). The Bertz CT molecular complexity index is 210. The smallest absolute Gasteiger partial charge is 0.0655 e. The zero-order chi connectivity index (χ0) is 11.4. The molecule has 0 aromatic rings. The van der Waals surface area contributed by atoms with Gasteiger partial charge in [0.15, 0.2) is 0 Å². The number of unbranched alkanes of at least 4 members (excludes halogenated alkanes) is 5. The highest BCUT2D eigenvalue weighted by Crippen LogP contribution is 2.16. The van der Waals surface area contributed by atoms with Crippen LogP contribution in [0.25, 0.3) is 0 Å². The Hall–Kier alpha value is -1.02. The van der Waals surface area contributed by atoms with Gasteiger partial charge in [-0.2, -0.15) is 10.5 Å². The predicted octanol–water partition coefficient (Wildman–Crippen LogP) is 4.18. The zero-order valence-electron chi connectivity index (χ0n) is 9.84. The predicted molar refractivity (Wildman–Crippen MR) is 61.9 cm³/mol. The lowest BCUT2D eigenvalue weighted by Gasteiger charge is -2.07. The van der Waals surface area contributed by atoms with Crippen LogP contribution in [0.1, 0.15) is 64.7 Å². The van der Waals surface area contributed by atoms with Gasteiger partial charge in [0.1, 0.15) is 0 Å². The molecule has 0 radical (unpaired) electrons. The van der Waals surface area contributed by atoms with E-state index >= 15 is 0 Å². The highest BCUT2D eigenvalue weighted by molar-refractivity contribution is 4.82. The summed E-state index contributed by atoms with van der Waals surface area (Å²) in [6, 6.07) is 4.51. The monoisotopic (exact) mass is 206 g/mol. The van der Waals surface area contributed by atoms with Gasteiger partial charge in [0, 0.05) is 12.3 Å². The van der Waals surface area contributed by atoms with Gasteiger partial charge in [-0.3, -0.25) is 0 Å². The summed E-state index contributed by atoms with van der Waals surface area (Å²) in [6.07, 6.45) is 9.60. The number of rotatable bonds is 9. The number of hydrogen-bond donors (Lipinski definition) is 0. The van der Waals surface area contributed by atoms with E-state index < -0.39 is 0 Å². The fourth-order valence-electron chi connectivity index (χ4n) is 1.69. The lowest BCUT2D eigenvalue weighted by atomic mass is 9.96. The first-order valence-corrected chi connectivity index (χ1v) is 6.11. The Labute approximate surface area is 93.9 Å². The van der Waals surface area contributed by atoms with Crippen LogP contribution < -0.4 is 0 Å². The van der Waals surface area contributed by atoms with Crippen LogP contribution in [0.5, 0.6) is 0 Å². The van der Waals surface area contributed by atoms with Gasteiger partial charge in [-0.25, -0.2) is 0 Å². The van der Waals surface area contributed by atoms with E-state index in [0.29, 0.717) is 6.42 Å². The molecule has 0 heterocycles. The van der Waals surface area contributed by atoms with Gasteiger partial charge in [0.25, 0.3) is 0 Å². The molecule has 0 aromatic carbocycles. The Morgan fingerprint density at radius 2 is 1.60 bits per heavy atom. The second-order valence-corrected chi connectivity index (χ2v) is 4.08. The molecule has 0 saturated heterocycles. The van der Waals surface area contributed by atoms with Crippen molar-refractivity contribution in [3.05, 3.63) is 0 Å². The van der Waals surface area contributed by atoms with Gasteiger partial charge in [0.2, 0.25) is 0 Å². The summed E-state index contributed by atoms with van der Waals surface area (Å²) in [7, 11) is 0. The molecule has 1 unspecified atom stereocenters. The fourth-order valence-corrected chi connectivity index (χ4v) is 1.69. The van der Waals surface area contributed by atoms with Crippen molar-refractivity contribution < 1.29 is 0 Å². The summed E-state index contributed by atoms with van der Waals surface area (Å²) in [5, 5.41) is 17.3. The topological polar surface area (TPSA) is 47.6 Å². The van der Waals surface area contributed by atoms with Crippen molar-refractivity contribution in [2.75, 3.05) is 0 Å². The summed E-state index contributed by atoms with van der Waals surface area (Å²) >= 11 is 0. The Kier molecular flexibility index (Phi) is 10.3. The van der Waals surface area contributed by atoms with Crippen molar-refractivity contribution in [2.24, 2.45) is 5.92 Å². The van der Waals surface area contributed by atoms with Crippen LogP contribution >= 0.6 is 0 Å². The van der Waals surface area contributed by atoms with Gasteiger partial charge < -0.3 is 0 Å². The second kappa shape index (κ2) is 11.1. The van der Waals surface area contributed by atoms with Gasteiger partial charge in [-0.15, -0.1) is 0 Å². The number of nitrogens with zero attached hydrogens (tertiary/aromatic N) is 2. The molecular weight excluding hydrogens is 184 g/mol. The third-order valence-corrected chi connectivity index (χ3v) is 2.68. The molecule has 0 saturated carbocycles. The van der Waals surface area contributed by atoms with Crippen molar-refractivity contribution >= 4 is 0 Å². The molecule has 0 aliphatic rings. The molecule has 84 valence electrons. The van der Waals surface area contributed by atoms with E-state index in [1.165, 1.54) is 25.7 Å². The molecule has 0 spiro atoms. The summed E-state index contributed by atoms with van der Waals surface area (Å²) in [4.78, 5) is 0. The summed E-state index contributed by atoms with van der Waals surface area (Å²) in [5.41, 5.74) is 0. The minimum atomic E-state index is 0.223. The van der Waals surface area contributed by atoms with Crippen molar-refractivity contribution in [3.63, 3.8) is 0 Å². The van der Waals surface area contributed by atoms with Crippen LogP contribution in [-0.4, -0.2) is 0 Å². The average Bonchev–Trinajstić information content (AvgIpc) is 2.27. The van der Waals surface area contributed by atoms with E-state index in [1.54, 1.807) is 0 Å². The SMILES string of the molecule is CCCCCCC(C#N)CCCCC#N. The number of hydrogen-bond acceptors (Lipinski definition) is 2. The van der Waals surface area contributed by atoms with E-state index in [1.807, 2.05) is 0 Å². The van der Waals surface area contributed by atoms with Crippen LogP contribution in [0.2, 0.25) is 0 Å². The lowest BCUT2D eigenvalue weighted by Crippen LogP contribution is -1.97. The van der Waals surface area contributed by atoms with E-state index in [4.69, 9.17) is 10.5 Å². The molecule has 0 fully saturated rings. The maximum absolute atomic E-state index is 8.92. The van der Waals surface area contributed by atoms with Crippen LogP contribution in [0.4, 0.5) is 0 Å². The molecular formula is C13H22N2. The normalized spacial score (nSPS) is 11.7. The molecule has 0 aromatic heterocycles. The zero-order valence-corrected chi connectivity index (χ0v) is 9.84. The summed E-state index contributed by atoms with van der Waals surface area (Å²) in [5.74, 6) is 0.223. The minimum Gasteiger partial charge on any atom is -0.198 e. The van der Waals surface area contributed by atoms with Crippen molar-refractivity contribution in [2.45, 2.75) is 64.7 Å². The highest BCUT2D eigenvalue weighted by atomic mass is 14.3. The summed E-state index contributed by atoms with van der Waals surface area (Å²) in [6.45, 7) is 2.20. The molecule has 0 amide bonds. The van der Waals surface area contributed by atoms with E-state index in [0.717, 1.165) is 25.7 Å². The van der Waals surface area contributed by atoms with Crippen molar-refractivity contribution in [3.8, 4) is 12.1 Å². The molecule has 2 nitrogen and oxygen atoms in total. The first kappa shape index (κ1) is 14.0. The van der Waals surface area contributed by atoms with Crippen LogP contribution in [0.3, 0.4) is 0 Å². The third kappa shape index (κ3) is 9.29. The van der Waals surface area contributed by atoms with Crippen molar-refractivity contribution in [1.82, 2.24) is 0 Å². The van der Waals surface area contributed by atoms with Gasteiger partial charge in [-0.05, 0) is 19.3 Å². The van der Waals surface area contributed by atoms with E-state index in [-0.39, 0.29) is 5.92 Å². The van der Waals surface area contributed by atoms with Gasteiger partial charge in [-0.1, -0.05) is 39.0 Å². The van der Waals surface area contributed by atoms with E-state index in [2.05, 4.69) is 19.1 Å². The Morgan fingerprint density at radius 1 is 0.933 bits per heavy atom. The molecule has 2 heteroatoms. The molecule has 0 bridgehead atoms. The average molecular weight is 206 g/mol. The second-order valence-electron chi connectivity index (χ2n) is 4.08. The fraction of sp³-hybridized carbons (Fsp3) is 0.846. The van der Waals surface area contributed by atoms with E-state index in [9.17, 15) is 0 Å². The van der Waals surface area contributed by atoms with Crippen molar-refractivity contribution in [1.29, 1.82) is 10.5 Å². The van der Waals surface area contributed by atoms with Crippen LogP contribution in [-0.2, 0) is 0 Å². The highest BCUT2D eigenvalue weighted by Gasteiger charge is 2.06. The minimum absolute atomic E-state index is 0.223. The maximum atomic E-state index is 8.92. The first-order valence-electron chi connectivity index (χ1n) is 6.11. The molecule has 0 N–H and O–H groups in total. The Morgan fingerprint density at radius 3 is 2.13 bits per heavy atom. The Balaban J connectivity index is 3.40. The number of nitriles is 2. The third-order valence-electron chi connectivity index (χ3n) is 2.68. The van der Waals surface area contributed by atoms with Gasteiger partial charge in [0.05, 0.1) is 12.1 Å². The standard InChI is InChI=1S/C13H22N2/c1-2-3-4-6-9-13(12-15)10-7-5-8-11-14/h13H,2-10H2,1H3. The largest absolute Gasteiger partial charge is 0.198 e. The first-order chi connectivity index (χ1) is 7.35. The molecule has 0 aliphatic carbocycles. The molecule has 15 heavy (non-hydrogen) atoms.